The van der Waals surface area contributed by atoms with Gasteiger partial charge in [0.25, 0.3) is 0 Å². The van der Waals surface area contributed by atoms with Crippen molar-refractivity contribution < 1.29 is 9.13 Å². The second-order valence-electron chi connectivity index (χ2n) is 5.58. The molecule has 0 atom stereocenters. The molecule has 3 heteroatoms. The average Bonchev–Trinajstić information content (AvgIpc) is 2.27. The summed E-state index contributed by atoms with van der Waals surface area (Å²) >= 11 is 0. The Morgan fingerprint density at radius 3 is 2.44 bits per heavy atom. The second-order valence-corrected chi connectivity index (χ2v) is 5.58. The van der Waals surface area contributed by atoms with Gasteiger partial charge in [-0.15, -0.1) is 0 Å². The molecule has 1 fully saturated rings. The van der Waals surface area contributed by atoms with Crippen LogP contribution in [-0.2, 0) is 5.41 Å². The Bertz CT molecular complexity index is 433. The normalized spacial score (nSPS) is 17.7. The van der Waals surface area contributed by atoms with E-state index in [1.54, 1.807) is 6.07 Å². The third-order valence-corrected chi connectivity index (χ3v) is 4.21. The lowest BCUT2D eigenvalue weighted by Gasteiger charge is -2.42. The molecule has 0 unspecified atom stereocenters. The van der Waals surface area contributed by atoms with Crippen molar-refractivity contribution in [2.45, 2.75) is 44.4 Å². The molecule has 2 nitrogen and oxygen atoms in total. The summed E-state index contributed by atoms with van der Waals surface area (Å²) in [6, 6.07) is 3.66. The lowest BCUT2D eigenvalue weighted by atomic mass is 9.64. The minimum Gasteiger partial charge on any atom is -0.493 e. The van der Waals surface area contributed by atoms with Gasteiger partial charge in [-0.2, -0.15) is 0 Å². The fraction of sp³-hybridized carbons (Fsp3) is 0.600. The van der Waals surface area contributed by atoms with Crippen LogP contribution in [0.4, 0.5) is 4.39 Å². The molecular weight excluding hydrogens is 229 g/mol. The molecule has 0 aliphatic heterocycles. The van der Waals surface area contributed by atoms with Crippen LogP contribution in [0.3, 0.4) is 0 Å². The molecule has 1 aliphatic carbocycles. The quantitative estimate of drug-likeness (QED) is 0.890. The summed E-state index contributed by atoms with van der Waals surface area (Å²) in [6.45, 7) is 4.70. The van der Waals surface area contributed by atoms with Crippen molar-refractivity contribution in [2.75, 3.05) is 13.7 Å². The molecular formula is C15H22FNO. The molecule has 0 saturated heterocycles. The first kappa shape index (κ1) is 13.3. The summed E-state index contributed by atoms with van der Waals surface area (Å²) in [5.74, 6) is 0.419. The van der Waals surface area contributed by atoms with Crippen LogP contribution in [0, 0.1) is 5.82 Å². The van der Waals surface area contributed by atoms with Gasteiger partial charge >= 0.3 is 0 Å². The van der Waals surface area contributed by atoms with Crippen LogP contribution in [0.15, 0.2) is 12.1 Å². The summed E-state index contributed by atoms with van der Waals surface area (Å²) in [5.41, 5.74) is 7.83. The molecule has 0 heterocycles. The van der Waals surface area contributed by atoms with E-state index in [9.17, 15) is 4.39 Å². The van der Waals surface area contributed by atoms with Crippen molar-refractivity contribution in [3.63, 3.8) is 0 Å². The fourth-order valence-corrected chi connectivity index (χ4v) is 2.74. The van der Waals surface area contributed by atoms with E-state index in [4.69, 9.17) is 10.5 Å². The molecule has 1 aromatic rings. The molecule has 2 rings (SSSR count). The topological polar surface area (TPSA) is 35.2 Å². The highest BCUT2D eigenvalue weighted by atomic mass is 19.1. The van der Waals surface area contributed by atoms with Crippen molar-refractivity contribution in [1.29, 1.82) is 0 Å². The number of benzene rings is 1. The highest BCUT2D eigenvalue weighted by Crippen LogP contribution is 2.47. The zero-order valence-corrected chi connectivity index (χ0v) is 11.4. The molecule has 0 aromatic heterocycles. The van der Waals surface area contributed by atoms with Gasteiger partial charge in [0.15, 0.2) is 11.6 Å². The zero-order valence-electron chi connectivity index (χ0n) is 11.4. The van der Waals surface area contributed by atoms with Gasteiger partial charge in [-0.3, -0.25) is 0 Å². The van der Waals surface area contributed by atoms with Gasteiger partial charge in [-0.1, -0.05) is 26.3 Å². The summed E-state index contributed by atoms with van der Waals surface area (Å²) in [4.78, 5) is 0. The number of methoxy groups -OCH3 is 1. The predicted molar refractivity (Wildman–Crippen MR) is 71.6 cm³/mol. The standard InChI is InChI=1S/C15H22FNO/c1-10(2)11-7-12(14(18-3)13(16)8-11)15(9-17)5-4-6-15/h7-8,10H,4-6,9,17H2,1-3H3. The van der Waals surface area contributed by atoms with Crippen LogP contribution in [0.5, 0.6) is 5.75 Å². The van der Waals surface area contributed by atoms with Crippen molar-refractivity contribution >= 4 is 0 Å². The van der Waals surface area contributed by atoms with Crippen molar-refractivity contribution in [2.24, 2.45) is 5.73 Å². The zero-order chi connectivity index (χ0) is 13.3. The number of ether oxygens (including phenoxy) is 1. The van der Waals surface area contributed by atoms with E-state index in [-0.39, 0.29) is 11.2 Å². The van der Waals surface area contributed by atoms with Crippen LogP contribution in [0.2, 0.25) is 0 Å². The Morgan fingerprint density at radius 1 is 1.39 bits per heavy atom. The molecule has 1 aromatic carbocycles. The molecule has 1 aliphatic rings. The number of halogens is 1. The van der Waals surface area contributed by atoms with E-state index in [1.807, 2.05) is 0 Å². The van der Waals surface area contributed by atoms with Crippen molar-refractivity contribution in [3.8, 4) is 5.75 Å². The minimum absolute atomic E-state index is 0.0723. The van der Waals surface area contributed by atoms with Crippen LogP contribution in [0.25, 0.3) is 0 Å². The Morgan fingerprint density at radius 2 is 2.06 bits per heavy atom. The Balaban J connectivity index is 2.55. The predicted octanol–water partition coefficient (Wildman–Crippen LogP) is 3.34. The lowest BCUT2D eigenvalue weighted by Crippen LogP contribution is -2.42. The van der Waals surface area contributed by atoms with Gasteiger partial charge in [0.05, 0.1) is 7.11 Å². The van der Waals surface area contributed by atoms with Gasteiger partial charge in [0.1, 0.15) is 0 Å². The molecule has 18 heavy (non-hydrogen) atoms. The van der Waals surface area contributed by atoms with Gasteiger partial charge in [-0.25, -0.2) is 4.39 Å². The number of rotatable bonds is 4. The first-order chi connectivity index (χ1) is 8.54. The maximum Gasteiger partial charge on any atom is 0.165 e. The molecule has 2 N–H and O–H groups in total. The number of nitrogens with two attached hydrogens (primary N) is 1. The van der Waals surface area contributed by atoms with E-state index in [0.29, 0.717) is 18.2 Å². The summed E-state index contributed by atoms with van der Waals surface area (Å²) in [5, 5.41) is 0. The highest BCUT2D eigenvalue weighted by molar-refractivity contribution is 5.46. The van der Waals surface area contributed by atoms with E-state index < -0.39 is 0 Å². The second kappa shape index (κ2) is 4.88. The fourth-order valence-electron chi connectivity index (χ4n) is 2.74. The largest absolute Gasteiger partial charge is 0.493 e. The van der Waals surface area contributed by atoms with E-state index in [2.05, 4.69) is 19.9 Å². The molecule has 1 saturated carbocycles. The first-order valence-corrected chi connectivity index (χ1v) is 6.62. The molecule has 0 radical (unpaired) electrons. The van der Waals surface area contributed by atoms with Crippen LogP contribution >= 0.6 is 0 Å². The Kier molecular flexibility index (Phi) is 3.62. The van der Waals surface area contributed by atoms with Gasteiger partial charge < -0.3 is 10.5 Å². The SMILES string of the molecule is COc1c(F)cc(C(C)C)cc1C1(CN)CCC1. The highest BCUT2D eigenvalue weighted by Gasteiger charge is 2.40. The van der Waals surface area contributed by atoms with Crippen LogP contribution < -0.4 is 10.5 Å². The molecule has 0 amide bonds. The van der Waals surface area contributed by atoms with E-state index >= 15 is 0 Å². The third kappa shape index (κ3) is 2.01. The minimum atomic E-state index is -0.265. The lowest BCUT2D eigenvalue weighted by molar-refractivity contribution is 0.240. The third-order valence-electron chi connectivity index (χ3n) is 4.21. The molecule has 100 valence electrons. The first-order valence-electron chi connectivity index (χ1n) is 6.62. The smallest absolute Gasteiger partial charge is 0.165 e. The summed E-state index contributed by atoms with van der Waals surface area (Å²) < 4.78 is 19.4. The molecule has 0 spiro atoms. The van der Waals surface area contributed by atoms with Gasteiger partial charge in [0, 0.05) is 17.5 Å². The molecule has 0 bridgehead atoms. The summed E-state index contributed by atoms with van der Waals surface area (Å²) in [6.07, 6.45) is 3.22. The Labute approximate surface area is 108 Å². The van der Waals surface area contributed by atoms with Gasteiger partial charge in [0.2, 0.25) is 0 Å². The number of hydrogen-bond donors (Lipinski definition) is 1. The van der Waals surface area contributed by atoms with E-state index in [1.165, 1.54) is 7.11 Å². The maximum atomic E-state index is 14.1. The Hall–Kier alpha value is -1.09. The van der Waals surface area contributed by atoms with E-state index in [0.717, 1.165) is 30.4 Å². The van der Waals surface area contributed by atoms with Gasteiger partial charge in [-0.05, 0) is 30.4 Å². The summed E-state index contributed by atoms with van der Waals surface area (Å²) in [7, 11) is 1.53. The maximum absolute atomic E-state index is 14.1. The van der Waals surface area contributed by atoms with Crippen LogP contribution in [0.1, 0.15) is 50.2 Å². The van der Waals surface area contributed by atoms with Crippen LogP contribution in [-0.4, -0.2) is 13.7 Å². The van der Waals surface area contributed by atoms with Crippen molar-refractivity contribution in [3.05, 3.63) is 29.1 Å². The van der Waals surface area contributed by atoms with Crippen molar-refractivity contribution in [1.82, 2.24) is 0 Å². The number of hydrogen-bond acceptors (Lipinski definition) is 2. The average molecular weight is 251 g/mol. The monoisotopic (exact) mass is 251 g/mol.